The summed E-state index contributed by atoms with van der Waals surface area (Å²) in [5.74, 6) is 1.84. The fraction of sp³-hybridized carbons (Fsp3) is 0.190. The summed E-state index contributed by atoms with van der Waals surface area (Å²) in [6.07, 6.45) is 3.20. The molecular formula is C21H20N6O3S. The maximum Gasteiger partial charge on any atom is 0.236 e. The van der Waals surface area contributed by atoms with E-state index in [0.29, 0.717) is 43.4 Å². The highest BCUT2D eigenvalue weighted by molar-refractivity contribution is 7.92. The van der Waals surface area contributed by atoms with Gasteiger partial charge in [-0.25, -0.2) is 8.42 Å². The Morgan fingerprint density at radius 1 is 0.903 bits per heavy atom. The van der Waals surface area contributed by atoms with Crippen molar-refractivity contribution in [2.45, 2.75) is 0 Å². The Labute approximate surface area is 179 Å². The van der Waals surface area contributed by atoms with Gasteiger partial charge in [0.2, 0.25) is 15.8 Å². The Hall–Kier alpha value is -3.50. The molecule has 0 spiro atoms. The van der Waals surface area contributed by atoms with Crippen molar-refractivity contribution in [2.24, 2.45) is 0 Å². The number of furan rings is 1. The van der Waals surface area contributed by atoms with Crippen LogP contribution in [0, 0.1) is 0 Å². The van der Waals surface area contributed by atoms with Crippen molar-refractivity contribution in [1.82, 2.24) is 24.1 Å². The molecule has 10 heteroatoms. The van der Waals surface area contributed by atoms with Gasteiger partial charge >= 0.3 is 0 Å². The van der Waals surface area contributed by atoms with E-state index in [2.05, 4.69) is 20.2 Å². The van der Waals surface area contributed by atoms with Crippen LogP contribution in [0.3, 0.4) is 0 Å². The molecule has 0 N–H and O–H groups in total. The van der Waals surface area contributed by atoms with Gasteiger partial charge in [0, 0.05) is 31.6 Å². The lowest BCUT2D eigenvalue weighted by molar-refractivity contribution is 0.388. The van der Waals surface area contributed by atoms with Crippen LogP contribution in [-0.2, 0) is 10.0 Å². The standard InChI is InChI=1S/C21H20N6O3S/c28-31(29,16-10-17-5-2-1-3-6-17)26-13-11-25(12-14-26)20-9-8-19-22-23-21(27(19)24-20)18-7-4-15-30-18/h1-10,15-16H,11-14H2. The van der Waals surface area contributed by atoms with E-state index in [9.17, 15) is 8.42 Å². The average Bonchev–Trinajstić information content (AvgIpc) is 3.48. The summed E-state index contributed by atoms with van der Waals surface area (Å²) in [7, 11) is -3.48. The van der Waals surface area contributed by atoms with Crippen molar-refractivity contribution >= 4 is 27.6 Å². The van der Waals surface area contributed by atoms with Crippen LogP contribution in [0.2, 0.25) is 0 Å². The van der Waals surface area contributed by atoms with E-state index in [0.717, 1.165) is 11.4 Å². The molecule has 0 unspecified atom stereocenters. The second-order valence-electron chi connectivity index (χ2n) is 7.11. The zero-order valence-electron chi connectivity index (χ0n) is 16.6. The summed E-state index contributed by atoms with van der Waals surface area (Å²) < 4.78 is 33.9. The van der Waals surface area contributed by atoms with Gasteiger partial charge in [0.05, 0.1) is 6.26 Å². The predicted molar refractivity (Wildman–Crippen MR) is 117 cm³/mol. The van der Waals surface area contributed by atoms with Crippen molar-refractivity contribution in [3.8, 4) is 11.6 Å². The van der Waals surface area contributed by atoms with E-state index >= 15 is 0 Å². The first-order valence-corrected chi connectivity index (χ1v) is 11.3. The molecule has 1 saturated heterocycles. The Bertz CT molecular complexity index is 1310. The molecule has 9 nitrogen and oxygen atoms in total. The van der Waals surface area contributed by atoms with E-state index in [1.54, 1.807) is 29.0 Å². The Balaban J connectivity index is 1.31. The molecule has 1 aliphatic heterocycles. The number of hydrogen-bond acceptors (Lipinski definition) is 7. The number of nitrogens with zero attached hydrogens (tertiary/aromatic N) is 6. The summed E-state index contributed by atoms with van der Waals surface area (Å²) in [6.45, 7) is 1.84. The molecule has 4 aromatic rings. The third-order valence-electron chi connectivity index (χ3n) is 5.14. The lowest BCUT2D eigenvalue weighted by Gasteiger charge is -2.33. The van der Waals surface area contributed by atoms with Crippen LogP contribution in [0.5, 0.6) is 0 Å². The van der Waals surface area contributed by atoms with Gasteiger partial charge in [0.25, 0.3) is 0 Å². The lowest BCUT2D eigenvalue weighted by atomic mass is 10.2. The minimum absolute atomic E-state index is 0.383. The second-order valence-corrected chi connectivity index (χ2v) is 8.93. The minimum atomic E-state index is -3.48. The van der Waals surface area contributed by atoms with Crippen LogP contribution in [0.4, 0.5) is 5.82 Å². The summed E-state index contributed by atoms with van der Waals surface area (Å²) in [6, 6.07) is 16.7. The highest BCUT2D eigenvalue weighted by Gasteiger charge is 2.26. The third kappa shape index (κ3) is 3.94. The molecule has 0 aliphatic carbocycles. The van der Waals surface area contributed by atoms with Crippen LogP contribution >= 0.6 is 0 Å². The number of piperazine rings is 1. The third-order valence-corrected chi connectivity index (χ3v) is 6.71. The lowest BCUT2D eigenvalue weighted by Crippen LogP contribution is -2.48. The molecule has 0 radical (unpaired) electrons. The van der Waals surface area contributed by atoms with Crippen molar-refractivity contribution in [1.29, 1.82) is 0 Å². The molecular weight excluding hydrogens is 416 g/mol. The number of anilines is 1. The number of fused-ring (bicyclic) bond motifs is 1. The van der Waals surface area contributed by atoms with Gasteiger partial charge in [-0.05, 0) is 35.9 Å². The largest absolute Gasteiger partial charge is 0.461 e. The number of rotatable bonds is 5. The topological polar surface area (TPSA) is 96.8 Å². The number of sulfonamides is 1. The molecule has 5 rings (SSSR count). The zero-order valence-corrected chi connectivity index (χ0v) is 17.4. The molecule has 1 aliphatic rings. The van der Waals surface area contributed by atoms with E-state index in [4.69, 9.17) is 4.42 Å². The first kappa shape index (κ1) is 19.5. The normalized spacial score (nSPS) is 15.8. The molecule has 1 aromatic carbocycles. The van der Waals surface area contributed by atoms with Crippen LogP contribution in [0.1, 0.15) is 5.56 Å². The van der Waals surface area contributed by atoms with Gasteiger partial charge in [-0.1, -0.05) is 30.3 Å². The van der Waals surface area contributed by atoms with Crippen LogP contribution in [0.25, 0.3) is 23.3 Å². The number of benzene rings is 1. The second kappa shape index (κ2) is 7.97. The van der Waals surface area contributed by atoms with Crippen LogP contribution in [0.15, 0.2) is 70.7 Å². The molecule has 0 saturated carbocycles. The number of hydrogen-bond donors (Lipinski definition) is 0. The van der Waals surface area contributed by atoms with Crippen molar-refractivity contribution in [2.75, 3.05) is 31.1 Å². The Morgan fingerprint density at radius 2 is 1.71 bits per heavy atom. The summed E-state index contributed by atoms with van der Waals surface area (Å²) in [4.78, 5) is 2.05. The van der Waals surface area contributed by atoms with Crippen molar-refractivity contribution in [3.05, 3.63) is 71.8 Å². The highest BCUT2D eigenvalue weighted by Crippen LogP contribution is 2.21. The van der Waals surface area contributed by atoms with E-state index < -0.39 is 10.0 Å². The van der Waals surface area contributed by atoms with Gasteiger partial charge in [-0.2, -0.15) is 8.82 Å². The molecule has 1 fully saturated rings. The highest BCUT2D eigenvalue weighted by atomic mass is 32.2. The quantitative estimate of drug-likeness (QED) is 0.474. The van der Waals surface area contributed by atoms with E-state index in [1.807, 2.05) is 42.5 Å². The Morgan fingerprint density at radius 3 is 2.45 bits per heavy atom. The van der Waals surface area contributed by atoms with Crippen LogP contribution in [-0.4, -0.2) is 58.7 Å². The molecule has 0 bridgehead atoms. The zero-order chi connectivity index (χ0) is 21.3. The molecule has 158 valence electrons. The first-order chi connectivity index (χ1) is 15.1. The maximum absolute atomic E-state index is 12.7. The smallest absolute Gasteiger partial charge is 0.236 e. The molecule has 4 heterocycles. The summed E-state index contributed by atoms with van der Waals surface area (Å²) >= 11 is 0. The average molecular weight is 436 g/mol. The van der Waals surface area contributed by atoms with Crippen LogP contribution < -0.4 is 4.90 Å². The molecule has 0 atom stereocenters. The van der Waals surface area contributed by atoms with Gasteiger partial charge in [0.1, 0.15) is 5.82 Å². The van der Waals surface area contributed by atoms with Gasteiger partial charge in [-0.3, -0.25) is 0 Å². The monoisotopic (exact) mass is 436 g/mol. The van der Waals surface area contributed by atoms with Crippen molar-refractivity contribution < 1.29 is 12.8 Å². The fourth-order valence-electron chi connectivity index (χ4n) is 3.49. The molecule has 3 aromatic heterocycles. The molecule has 0 amide bonds. The van der Waals surface area contributed by atoms with Gasteiger partial charge in [-0.15, -0.1) is 15.3 Å². The van der Waals surface area contributed by atoms with E-state index in [1.165, 1.54) is 9.71 Å². The van der Waals surface area contributed by atoms with E-state index in [-0.39, 0.29) is 0 Å². The summed E-state index contributed by atoms with van der Waals surface area (Å²) in [5.41, 5.74) is 1.46. The van der Waals surface area contributed by atoms with Gasteiger partial charge in [0.15, 0.2) is 11.4 Å². The fourth-order valence-corrected chi connectivity index (χ4v) is 4.67. The van der Waals surface area contributed by atoms with Gasteiger partial charge < -0.3 is 9.32 Å². The SMILES string of the molecule is O=S(=O)(C=Cc1ccccc1)N1CCN(c2ccc3nnc(-c4ccco4)n3n2)CC1. The first-order valence-electron chi connectivity index (χ1n) is 9.85. The number of aromatic nitrogens is 4. The predicted octanol–water partition coefficient (Wildman–Crippen LogP) is 2.51. The Kier molecular flexibility index (Phi) is 5.00. The summed E-state index contributed by atoms with van der Waals surface area (Å²) in [5, 5.41) is 14.2. The molecule has 31 heavy (non-hydrogen) atoms. The minimum Gasteiger partial charge on any atom is -0.461 e. The maximum atomic E-state index is 12.7. The van der Waals surface area contributed by atoms with Crippen molar-refractivity contribution in [3.63, 3.8) is 0 Å².